The molecule has 4 nitrogen and oxygen atoms in total. The fraction of sp³-hybridized carbons (Fsp3) is 0.588. The molecule has 2 heterocycles. The number of likely N-dealkylation sites (tertiary alicyclic amines) is 1. The second-order valence-electron chi connectivity index (χ2n) is 6.57. The fourth-order valence-electron chi connectivity index (χ4n) is 3.84. The summed E-state index contributed by atoms with van der Waals surface area (Å²) in [7, 11) is 0. The minimum atomic E-state index is 0.104. The van der Waals surface area contributed by atoms with E-state index >= 15 is 0 Å². The molecule has 0 aliphatic carbocycles. The van der Waals surface area contributed by atoms with E-state index in [1.807, 2.05) is 32.0 Å². The quantitative estimate of drug-likeness (QED) is 0.891. The Labute approximate surface area is 126 Å². The summed E-state index contributed by atoms with van der Waals surface area (Å²) < 4.78 is 0. The van der Waals surface area contributed by atoms with E-state index in [1.165, 1.54) is 0 Å². The highest BCUT2D eigenvalue weighted by Gasteiger charge is 2.42. The van der Waals surface area contributed by atoms with Gasteiger partial charge in [0.05, 0.1) is 6.54 Å². The summed E-state index contributed by atoms with van der Waals surface area (Å²) in [6, 6.07) is 6.60. The minimum Gasteiger partial charge on any atom is -0.324 e. The molecule has 2 aliphatic rings. The minimum absolute atomic E-state index is 0.104. The first-order valence-electron chi connectivity index (χ1n) is 7.87. The van der Waals surface area contributed by atoms with Crippen molar-refractivity contribution in [2.45, 2.75) is 26.8 Å². The molecule has 1 amide bonds. The lowest BCUT2D eigenvalue weighted by Crippen LogP contribution is -2.39. The molecule has 2 aliphatic heterocycles. The lowest BCUT2D eigenvalue weighted by Gasteiger charge is -2.24. The van der Waals surface area contributed by atoms with E-state index in [9.17, 15) is 4.79 Å². The van der Waals surface area contributed by atoms with E-state index in [2.05, 4.69) is 22.5 Å². The number of amides is 1. The number of hydrogen-bond donors (Lipinski definition) is 2. The maximum atomic E-state index is 12.4. The van der Waals surface area contributed by atoms with Crippen molar-refractivity contribution in [1.29, 1.82) is 0 Å². The van der Waals surface area contributed by atoms with E-state index < -0.39 is 0 Å². The molecule has 0 saturated carbocycles. The average molecular weight is 287 g/mol. The van der Waals surface area contributed by atoms with Crippen LogP contribution >= 0.6 is 0 Å². The van der Waals surface area contributed by atoms with Crippen LogP contribution in [0.2, 0.25) is 0 Å². The first-order chi connectivity index (χ1) is 10.1. The third-order valence-electron chi connectivity index (χ3n) is 5.15. The summed E-state index contributed by atoms with van der Waals surface area (Å²) >= 11 is 0. The molecule has 2 fully saturated rings. The van der Waals surface area contributed by atoms with Crippen LogP contribution in [0, 0.1) is 25.7 Å². The van der Waals surface area contributed by atoms with Gasteiger partial charge in [0, 0.05) is 18.3 Å². The van der Waals surface area contributed by atoms with Gasteiger partial charge in [-0.1, -0.05) is 18.2 Å². The number of anilines is 1. The molecule has 1 aromatic carbocycles. The Hall–Kier alpha value is -1.39. The molecule has 114 valence electrons. The number of carbonyl (C=O) groups excluding carboxylic acids is 1. The second-order valence-corrected chi connectivity index (χ2v) is 6.57. The van der Waals surface area contributed by atoms with Crippen LogP contribution in [0.3, 0.4) is 0 Å². The lowest BCUT2D eigenvalue weighted by molar-refractivity contribution is -0.117. The van der Waals surface area contributed by atoms with E-state index in [4.69, 9.17) is 0 Å². The van der Waals surface area contributed by atoms with Crippen LogP contribution in [0.5, 0.6) is 0 Å². The first kappa shape index (κ1) is 14.5. The summed E-state index contributed by atoms with van der Waals surface area (Å²) in [4.78, 5) is 14.7. The lowest BCUT2D eigenvalue weighted by atomic mass is 9.95. The van der Waals surface area contributed by atoms with Gasteiger partial charge in [-0.15, -0.1) is 0 Å². The number of para-hydroxylation sites is 1. The van der Waals surface area contributed by atoms with Crippen molar-refractivity contribution >= 4 is 11.6 Å². The van der Waals surface area contributed by atoms with E-state index in [0.29, 0.717) is 24.4 Å². The third kappa shape index (κ3) is 2.83. The summed E-state index contributed by atoms with van der Waals surface area (Å²) in [6.45, 7) is 10.1. The Kier molecular flexibility index (Phi) is 4.00. The summed E-state index contributed by atoms with van der Waals surface area (Å²) in [5.74, 6) is 1.53. The van der Waals surface area contributed by atoms with Gasteiger partial charge < -0.3 is 10.6 Å². The predicted octanol–water partition coefficient (Wildman–Crippen LogP) is 1.78. The molecule has 0 spiro atoms. The number of rotatable bonds is 3. The maximum Gasteiger partial charge on any atom is 0.238 e. The predicted molar refractivity (Wildman–Crippen MR) is 85.4 cm³/mol. The number of nitrogens with one attached hydrogen (secondary N) is 2. The van der Waals surface area contributed by atoms with Gasteiger partial charge in [0.15, 0.2) is 0 Å². The van der Waals surface area contributed by atoms with Crippen LogP contribution in [0.4, 0.5) is 5.69 Å². The Balaban J connectivity index is 1.62. The SMILES string of the molecule is Cc1cccc(C)c1NC(=O)CN1CC2CNCC2C1C. The van der Waals surface area contributed by atoms with Crippen LogP contribution in [-0.4, -0.2) is 43.0 Å². The van der Waals surface area contributed by atoms with E-state index in [-0.39, 0.29) is 5.91 Å². The number of aryl methyl sites for hydroxylation is 2. The zero-order valence-electron chi connectivity index (χ0n) is 13.1. The van der Waals surface area contributed by atoms with Gasteiger partial charge in [0.2, 0.25) is 5.91 Å². The van der Waals surface area contributed by atoms with Gasteiger partial charge in [0.25, 0.3) is 0 Å². The van der Waals surface area contributed by atoms with E-state index in [1.54, 1.807) is 0 Å². The third-order valence-corrected chi connectivity index (χ3v) is 5.15. The molecular formula is C17H25N3O. The monoisotopic (exact) mass is 287 g/mol. The standard InChI is InChI=1S/C17H25N3O/c1-11-5-4-6-12(2)17(11)19-16(21)10-20-9-14-7-18-8-15(14)13(20)3/h4-6,13-15,18H,7-10H2,1-3H3,(H,19,21). The van der Waals surface area contributed by atoms with Gasteiger partial charge in [0.1, 0.15) is 0 Å². The van der Waals surface area contributed by atoms with Crippen molar-refractivity contribution in [2.75, 3.05) is 31.5 Å². The van der Waals surface area contributed by atoms with Gasteiger partial charge in [-0.2, -0.15) is 0 Å². The highest BCUT2D eigenvalue weighted by Crippen LogP contribution is 2.32. The Morgan fingerprint density at radius 2 is 2.05 bits per heavy atom. The van der Waals surface area contributed by atoms with Crippen LogP contribution in [-0.2, 0) is 4.79 Å². The van der Waals surface area contributed by atoms with Gasteiger partial charge in [-0.05, 0) is 56.8 Å². The van der Waals surface area contributed by atoms with Crippen LogP contribution in [0.15, 0.2) is 18.2 Å². The van der Waals surface area contributed by atoms with E-state index in [0.717, 1.165) is 36.4 Å². The maximum absolute atomic E-state index is 12.4. The molecule has 3 atom stereocenters. The molecule has 0 bridgehead atoms. The highest BCUT2D eigenvalue weighted by molar-refractivity contribution is 5.93. The second kappa shape index (κ2) is 5.78. The molecule has 2 saturated heterocycles. The van der Waals surface area contributed by atoms with Crippen molar-refractivity contribution in [3.05, 3.63) is 29.3 Å². The number of carbonyl (C=O) groups is 1. The summed E-state index contributed by atoms with van der Waals surface area (Å²) in [5, 5.41) is 6.55. The van der Waals surface area contributed by atoms with Crippen molar-refractivity contribution in [2.24, 2.45) is 11.8 Å². The smallest absolute Gasteiger partial charge is 0.238 e. The largest absolute Gasteiger partial charge is 0.324 e. The molecular weight excluding hydrogens is 262 g/mol. The van der Waals surface area contributed by atoms with Gasteiger partial charge in [-0.25, -0.2) is 0 Å². The molecule has 2 N–H and O–H groups in total. The zero-order valence-corrected chi connectivity index (χ0v) is 13.1. The summed E-state index contributed by atoms with van der Waals surface area (Å²) in [6.07, 6.45) is 0. The molecule has 0 aromatic heterocycles. The summed E-state index contributed by atoms with van der Waals surface area (Å²) in [5.41, 5.74) is 3.22. The van der Waals surface area contributed by atoms with Crippen LogP contribution in [0.1, 0.15) is 18.1 Å². The fourth-order valence-corrected chi connectivity index (χ4v) is 3.84. The average Bonchev–Trinajstić information content (AvgIpc) is 2.99. The van der Waals surface area contributed by atoms with Crippen LogP contribution < -0.4 is 10.6 Å². The van der Waals surface area contributed by atoms with Crippen molar-refractivity contribution in [1.82, 2.24) is 10.2 Å². The van der Waals surface area contributed by atoms with Gasteiger partial charge in [-0.3, -0.25) is 9.69 Å². The number of hydrogen-bond acceptors (Lipinski definition) is 3. The highest BCUT2D eigenvalue weighted by atomic mass is 16.2. The molecule has 3 unspecified atom stereocenters. The first-order valence-corrected chi connectivity index (χ1v) is 7.87. The number of fused-ring (bicyclic) bond motifs is 1. The molecule has 21 heavy (non-hydrogen) atoms. The zero-order chi connectivity index (χ0) is 15.0. The number of nitrogens with zero attached hydrogens (tertiary/aromatic N) is 1. The number of benzene rings is 1. The molecule has 4 heteroatoms. The Morgan fingerprint density at radius 3 is 2.71 bits per heavy atom. The van der Waals surface area contributed by atoms with Crippen LogP contribution in [0.25, 0.3) is 0 Å². The molecule has 0 radical (unpaired) electrons. The van der Waals surface area contributed by atoms with Crippen molar-refractivity contribution in [3.63, 3.8) is 0 Å². The van der Waals surface area contributed by atoms with Gasteiger partial charge >= 0.3 is 0 Å². The topological polar surface area (TPSA) is 44.4 Å². The Morgan fingerprint density at radius 1 is 1.33 bits per heavy atom. The van der Waals surface area contributed by atoms with Crippen molar-refractivity contribution < 1.29 is 4.79 Å². The molecule has 3 rings (SSSR count). The Bertz CT molecular complexity index is 523. The molecule has 1 aromatic rings. The normalized spacial score (nSPS) is 28.6. The van der Waals surface area contributed by atoms with Crippen molar-refractivity contribution in [3.8, 4) is 0 Å².